The summed E-state index contributed by atoms with van der Waals surface area (Å²) >= 11 is 0. The standard InChI is InChI=1S/C38H56N6O9S/c1-24(2)44(25(3)4)54(50,51)41-34(47)38-20-28(38)17-11-9-8-10-12-18-30(39-35(48)53-37(5,6)7)33(46)43-23-29(19-31(43)32(45)40-38)52-36(49)42-21-26-15-13-14-16-27(26)22-42/h11,13-17,24-25,28-31H,8-10,12,18-23H2,1-7H3,(H,39,48)(H,40,45)(H,41,47)/t28-,29-,30-,31+,38-/m1/s1. The molecule has 1 aromatic carbocycles. The molecule has 0 radical (unpaired) electrons. The van der Waals surface area contributed by atoms with E-state index in [9.17, 15) is 32.4 Å². The summed E-state index contributed by atoms with van der Waals surface area (Å²) in [4.78, 5) is 71.9. The number of nitrogens with one attached hydrogen (secondary N) is 3. The number of alkyl carbamates (subject to hydrolysis) is 1. The van der Waals surface area contributed by atoms with Crippen molar-refractivity contribution < 1.29 is 41.9 Å². The number of benzene rings is 1. The summed E-state index contributed by atoms with van der Waals surface area (Å²) in [7, 11) is -4.29. The van der Waals surface area contributed by atoms with Crippen molar-refractivity contribution in [1.29, 1.82) is 0 Å². The van der Waals surface area contributed by atoms with Crippen LogP contribution in [0, 0.1) is 5.92 Å². The Labute approximate surface area is 318 Å². The number of nitrogens with zero attached hydrogens (tertiary/aromatic N) is 3. The number of fused-ring (bicyclic) bond motifs is 3. The van der Waals surface area contributed by atoms with Crippen LogP contribution in [0.2, 0.25) is 0 Å². The zero-order valence-electron chi connectivity index (χ0n) is 32.4. The number of hydrogen-bond donors (Lipinski definition) is 3. The molecule has 16 heteroatoms. The second kappa shape index (κ2) is 16.3. The highest BCUT2D eigenvalue weighted by atomic mass is 32.2. The summed E-state index contributed by atoms with van der Waals surface area (Å²) in [6.45, 7) is 12.5. The second-order valence-electron chi connectivity index (χ2n) is 16.4. The lowest BCUT2D eigenvalue weighted by molar-refractivity contribution is -0.141. The zero-order chi connectivity index (χ0) is 39.6. The number of carbonyl (C=O) groups excluding carboxylic acids is 5. The van der Waals surface area contributed by atoms with Crippen LogP contribution in [0.4, 0.5) is 9.59 Å². The minimum Gasteiger partial charge on any atom is -0.444 e. The smallest absolute Gasteiger partial charge is 0.410 e. The van der Waals surface area contributed by atoms with Crippen LogP contribution in [0.25, 0.3) is 0 Å². The number of allylic oxidation sites excluding steroid dienone is 1. The summed E-state index contributed by atoms with van der Waals surface area (Å²) in [6.07, 6.45) is 4.60. The van der Waals surface area contributed by atoms with E-state index in [1.165, 1.54) is 9.21 Å². The van der Waals surface area contributed by atoms with E-state index in [2.05, 4.69) is 15.4 Å². The molecule has 2 fully saturated rings. The zero-order valence-corrected chi connectivity index (χ0v) is 33.2. The van der Waals surface area contributed by atoms with Crippen molar-refractivity contribution in [3.05, 3.63) is 47.5 Å². The van der Waals surface area contributed by atoms with Crippen LogP contribution in [0.3, 0.4) is 0 Å². The summed E-state index contributed by atoms with van der Waals surface area (Å²) in [5.41, 5.74) is -0.418. The first kappa shape index (κ1) is 41.0. The molecule has 5 amide bonds. The van der Waals surface area contributed by atoms with Crippen molar-refractivity contribution in [1.82, 2.24) is 29.5 Å². The molecule has 15 nitrogen and oxygen atoms in total. The Kier molecular flexibility index (Phi) is 12.4. The maximum absolute atomic E-state index is 14.4. The molecule has 3 N–H and O–H groups in total. The molecule has 5 atom stereocenters. The Balaban J connectivity index is 1.42. The van der Waals surface area contributed by atoms with E-state index in [0.29, 0.717) is 25.9 Å². The van der Waals surface area contributed by atoms with E-state index < -0.39 is 87.4 Å². The van der Waals surface area contributed by atoms with E-state index in [-0.39, 0.29) is 25.8 Å². The Morgan fingerprint density at radius 3 is 2.26 bits per heavy atom. The molecule has 5 rings (SSSR count). The van der Waals surface area contributed by atoms with Crippen LogP contribution >= 0.6 is 0 Å². The largest absolute Gasteiger partial charge is 0.444 e. The van der Waals surface area contributed by atoms with Gasteiger partial charge in [-0.2, -0.15) is 12.7 Å². The fourth-order valence-electron chi connectivity index (χ4n) is 7.71. The van der Waals surface area contributed by atoms with Crippen LogP contribution in [-0.2, 0) is 47.2 Å². The summed E-state index contributed by atoms with van der Waals surface area (Å²) in [6, 6.07) is 4.54. The van der Waals surface area contributed by atoms with Gasteiger partial charge in [-0.15, -0.1) is 0 Å². The van der Waals surface area contributed by atoms with Crippen LogP contribution in [0.1, 0.15) is 105 Å². The Morgan fingerprint density at radius 2 is 1.65 bits per heavy atom. The fraction of sp³-hybridized carbons (Fsp3) is 0.658. The monoisotopic (exact) mass is 772 g/mol. The third-order valence-electron chi connectivity index (χ3n) is 10.2. The third kappa shape index (κ3) is 9.54. The maximum Gasteiger partial charge on any atom is 0.410 e. The minimum atomic E-state index is -4.29. The molecule has 1 aromatic rings. The van der Waals surface area contributed by atoms with E-state index in [1.807, 2.05) is 36.4 Å². The molecule has 0 spiro atoms. The Morgan fingerprint density at radius 1 is 1.00 bits per heavy atom. The van der Waals surface area contributed by atoms with E-state index in [4.69, 9.17) is 9.47 Å². The summed E-state index contributed by atoms with van der Waals surface area (Å²) < 4.78 is 41.8. The SMILES string of the molecule is CC(C)N(C(C)C)S(=O)(=O)NC(=O)[C@@]12C[C@H]1C=CCCCCC[C@@H](NC(=O)OC(C)(C)C)C(=O)N1C[C@H](OC(=O)N3Cc4ccccc4C3)C[C@H]1C(=O)N2. The Bertz CT molecular complexity index is 1710. The lowest BCUT2D eigenvalue weighted by atomic mass is 10.0. The molecule has 54 heavy (non-hydrogen) atoms. The van der Waals surface area contributed by atoms with Crippen molar-refractivity contribution >= 4 is 40.1 Å². The third-order valence-corrected chi connectivity index (χ3v) is 12.1. The van der Waals surface area contributed by atoms with Gasteiger partial charge < -0.3 is 25.0 Å². The number of carbonyl (C=O) groups is 5. The highest BCUT2D eigenvalue weighted by Gasteiger charge is 2.62. The number of hydrogen-bond acceptors (Lipinski definition) is 9. The van der Waals surface area contributed by atoms with Crippen molar-refractivity contribution in [2.24, 2.45) is 5.92 Å². The average Bonchev–Trinajstić information content (AvgIpc) is 3.36. The number of ether oxygens (including phenoxy) is 2. The summed E-state index contributed by atoms with van der Waals surface area (Å²) in [5, 5.41) is 5.54. The van der Waals surface area contributed by atoms with Crippen LogP contribution in [0.15, 0.2) is 36.4 Å². The maximum atomic E-state index is 14.4. The van der Waals surface area contributed by atoms with Gasteiger partial charge in [0.2, 0.25) is 11.8 Å². The predicted octanol–water partition coefficient (Wildman–Crippen LogP) is 3.88. The van der Waals surface area contributed by atoms with Crippen molar-refractivity contribution in [3.8, 4) is 0 Å². The molecule has 1 aliphatic carbocycles. The molecule has 0 bridgehead atoms. The lowest BCUT2D eigenvalue weighted by Gasteiger charge is -2.31. The molecule has 0 unspecified atom stereocenters. The first-order chi connectivity index (χ1) is 25.3. The van der Waals surface area contributed by atoms with Gasteiger partial charge in [0.25, 0.3) is 5.91 Å². The topological polar surface area (TPSA) is 184 Å². The molecule has 4 aliphatic rings. The van der Waals surface area contributed by atoms with Gasteiger partial charge in [0.1, 0.15) is 29.3 Å². The second-order valence-corrected chi connectivity index (χ2v) is 17.9. The lowest BCUT2D eigenvalue weighted by Crippen LogP contribution is -2.59. The number of rotatable bonds is 7. The van der Waals surface area contributed by atoms with Gasteiger partial charge in [-0.1, -0.05) is 49.3 Å². The average molecular weight is 773 g/mol. The van der Waals surface area contributed by atoms with Crippen LogP contribution < -0.4 is 15.4 Å². The quantitative estimate of drug-likeness (QED) is 0.347. The van der Waals surface area contributed by atoms with E-state index in [0.717, 1.165) is 24.0 Å². The highest BCUT2D eigenvalue weighted by molar-refractivity contribution is 7.87. The molecule has 1 saturated heterocycles. The van der Waals surface area contributed by atoms with Gasteiger partial charge in [-0.3, -0.25) is 19.3 Å². The van der Waals surface area contributed by atoms with Crippen molar-refractivity contribution in [2.75, 3.05) is 6.54 Å². The Hall–Kier alpha value is -4.18. The van der Waals surface area contributed by atoms with Gasteiger partial charge in [0.15, 0.2) is 0 Å². The normalized spacial score (nSPS) is 26.3. The molecular formula is C38H56N6O9S. The molecule has 3 heterocycles. The fourth-order valence-corrected chi connectivity index (χ4v) is 9.34. The molecule has 1 saturated carbocycles. The first-order valence-corrected chi connectivity index (χ1v) is 20.4. The van der Waals surface area contributed by atoms with Crippen molar-refractivity contribution in [3.63, 3.8) is 0 Å². The minimum absolute atomic E-state index is 0.0752. The first-order valence-electron chi connectivity index (χ1n) is 19.0. The molecule has 0 aromatic heterocycles. The van der Waals surface area contributed by atoms with E-state index >= 15 is 0 Å². The van der Waals surface area contributed by atoms with Gasteiger partial charge in [0, 0.05) is 37.5 Å². The molecular weight excluding hydrogens is 717 g/mol. The molecule has 298 valence electrons. The summed E-state index contributed by atoms with van der Waals surface area (Å²) in [5.74, 6) is -2.63. The van der Waals surface area contributed by atoms with Gasteiger partial charge in [-0.05, 0) is 85.3 Å². The van der Waals surface area contributed by atoms with Crippen LogP contribution in [0.5, 0.6) is 0 Å². The van der Waals surface area contributed by atoms with Crippen LogP contribution in [-0.4, -0.2) is 100 Å². The predicted molar refractivity (Wildman–Crippen MR) is 200 cm³/mol. The van der Waals surface area contributed by atoms with Gasteiger partial charge in [0.05, 0.1) is 6.54 Å². The highest BCUT2D eigenvalue weighted by Crippen LogP contribution is 2.46. The molecule has 3 aliphatic heterocycles. The van der Waals surface area contributed by atoms with Crippen molar-refractivity contribution in [2.45, 2.75) is 148 Å². The number of amides is 5. The van der Waals surface area contributed by atoms with Gasteiger partial charge in [-0.25, -0.2) is 14.3 Å². The van der Waals surface area contributed by atoms with Gasteiger partial charge >= 0.3 is 22.4 Å². The van der Waals surface area contributed by atoms with E-state index in [1.54, 1.807) is 53.4 Å².